The van der Waals surface area contributed by atoms with Crippen LogP contribution in [0, 0.1) is 12.0 Å². The molecule has 0 atom stereocenters. The number of carbonyl (C=O) groups excluding carboxylic acids is 1. The van der Waals surface area contributed by atoms with E-state index in [0.29, 0.717) is 6.07 Å². The van der Waals surface area contributed by atoms with E-state index in [-0.39, 0.29) is 0 Å². The first-order valence-corrected chi connectivity index (χ1v) is 2.59. The molecule has 11 heavy (non-hydrogen) atoms. The number of primary amides is 1. The topological polar surface area (TPSA) is 68.9 Å². The Hall–Kier alpha value is -1.59. The summed E-state index contributed by atoms with van der Waals surface area (Å²) < 4.78 is 24.3. The maximum atomic E-state index is 12.2. The Balaban J connectivity index is 3.19. The number of nitrogens with zero attached hydrogens (tertiary/aromatic N) is 2. The molecule has 0 aliphatic rings. The van der Waals surface area contributed by atoms with Gasteiger partial charge in [0.15, 0.2) is 0 Å². The monoisotopic (exact) mass is 159 g/mol. The molecule has 0 spiro atoms. The number of amides is 1. The van der Waals surface area contributed by atoms with Crippen LogP contribution in [0.4, 0.5) is 8.78 Å². The minimum atomic E-state index is -1.31. The number of nitrogens with two attached hydrogens (primary N) is 1. The van der Waals surface area contributed by atoms with Crippen molar-refractivity contribution in [1.29, 1.82) is 0 Å². The molecule has 6 heteroatoms. The third kappa shape index (κ3) is 1.66. The second-order valence-electron chi connectivity index (χ2n) is 1.71. The predicted molar refractivity (Wildman–Crippen MR) is 30.5 cm³/mol. The van der Waals surface area contributed by atoms with Gasteiger partial charge < -0.3 is 5.73 Å². The van der Waals surface area contributed by atoms with Gasteiger partial charge in [-0.15, -0.1) is 0 Å². The molecule has 58 valence electrons. The zero-order valence-corrected chi connectivity index (χ0v) is 5.21. The first-order chi connectivity index (χ1) is 5.09. The van der Waals surface area contributed by atoms with Crippen molar-refractivity contribution in [3.8, 4) is 0 Å². The number of halogens is 2. The largest absolute Gasteiger partial charge is 0.364 e. The van der Waals surface area contributed by atoms with E-state index in [1.165, 1.54) is 0 Å². The summed E-state index contributed by atoms with van der Waals surface area (Å²) in [5, 5.41) is 0. The van der Waals surface area contributed by atoms with Crippen molar-refractivity contribution >= 4 is 5.91 Å². The zero-order valence-electron chi connectivity index (χ0n) is 5.21. The molecular formula is C5H3F2N3O. The normalized spacial score (nSPS) is 9.64. The molecular weight excluding hydrogens is 156 g/mol. The van der Waals surface area contributed by atoms with E-state index in [1.807, 2.05) is 0 Å². The van der Waals surface area contributed by atoms with Gasteiger partial charge in [0.2, 0.25) is 5.95 Å². The van der Waals surface area contributed by atoms with Crippen LogP contribution in [-0.4, -0.2) is 15.9 Å². The molecule has 1 rings (SSSR count). The maximum absolute atomic E-state index is 12.2. The number of aromatic nitrogens is 2. The molecule has 1 heterocycles. The first kappa shape index (κ1) is 7.52. The van der Waals surface area contributed by atoms with Crippen LogP contribution in [0.15, 0.2) is 6.07 Å². The molecule has 0 fully saturated rings. The van der Waals surface area contributed by atoms with Crippen LogP contribution >= 0.6 is 0 Å². The van der Waals surface area contributed by atoms with Crippen LogP contribution in [0.3, 0.4) is 0 Å². The van der Waals surface area contributed by atoms with E-state index in [2.05, 4.69) is 15.7 Å². The lowest BCUT2D eigenvalue weighted by atomic mass is 10.4. The first-order valence-electron chi connectivity index (χ1n) is 2.59. The van der Waals surface area contributed by atoms with Gasteiger partial charge in [-0.1, -0.05) is 0 Å². The van der Waals surface area contributed by atoms with Crippen LogP contribution in [0.2, 0.25) is 0 Å². The maximum Gasteiger partial charge on any atom is 0.312 e. The molecule has 1 aromatic heterocycles. The Morgan fingerprint density at radius 1 is 1.45 bits per heavy atom. The lowest BCUT2D eigenvalue weighted by Gasteiger charge is -1.92. The van der Waals surface area contributed by atoms with Crippen LogP contribution in [-0.2, 0) is 0 Å². The molecule has 0 saturated carbocycles. The molecule has 0 aliphatic carbocycles. The lowest BCUT2D eigenvalue weighted by Crippen LogP contribution is -2.15. The van der Waals surface area contributed by atoms with E-state index in [0.717, 1.165) is 0 Å². The van der Waals surface area contributed by atoms with Gasteiger partial charge in [-0.25, -0.2) is 0 Å². The third-order valence-corrected chi connectivity index (χ3v) is 0.920. The van der Waals surface area contributed by atoms with Gasteiger partial charge in [-0.3, -0.25) is 4.79 Å². The summed E-state index contributed by atoms with van der Waals surface area (Å²) in [6, 6.07) is 0.658. The van der Waals surface area contributed by atoms with Crippen LogP contribution in [0.25, 0.3) is 0 Å². The Labute approximate surface area is 60.1 Å². The summed E-state index contributed by atoms with van der Waals surface area (Å²) in [4.78, 5) is 15.9. The summed E-state index contributed by atoms with van der Waals surface area (Å²) in [5.74, 6) is -2.11. The van der Waals surface area contributed by atoms with Crippen molar-refractivity contribution < 1.29 is 13.6 Å². The molecule has 0 bridgehead atoms. The number of carbonyl (C=O) groups is 1. The SMILES string of the molecule is NC(=O)c1cc(F)nc(F)n1. The van der Waals surface area contributed by atoms with Gasteiger partial charge in [0.1, 0.15) is 5.69 Å². The minimum absolute atomic E-state index is 0.477. The molecule has 0 unspecified atom stereocenters. The summed E-state index contributed by atoms with van der Waals surface area (Å²) in [6.45, 7) is 0. The lowest BCUT2D eigenvalue weighted by molar-refractivity contribution is 0.0993. The molecule has 4 nitrogen and oxygen atoms in total. The highest BCUT2D eigenvalue weighted by Gasteiger charge is 2.07. The third-order valence-electron chi connectivity index (χ3n) is 0.920. The van der Waals surface area contributed by atoms with E-state index >= 15 is 0 Å². The Morgan fingerprint density at radius 2 is 2.09 bits per heavy atom. The van der Waals surface area contributed by atoms with Gasteiger partial charge in [0, 0.05) is 6.07 Å². The molecule has 0 aromatic carbocycles. The van der Waals surface area contributed by atoms with Gasteiger partial charge in [0.25, 0.3) is 5.91 Å². The van der Waals surface area contributed by atoms with Crippen molar-refractivity contribution in [3.05, 3.63) is 23.8 Å². The fourth-order valence-electron chi connectivity index (χ4n) is 0.516. The van der Waals surface area contributed by atoms with Crippen molar-refractivity contribution in [2.45, 2.75) is 0 Å². The number of hydrogen-bond donors (Lipinski definition) is 1. The highest BCUT2D eigenvalue weighted by molar-refractivity contribution is 5.90. The summed E-state index contributed by atoms with van der Waals surface area (Å²) >= 11 is 0. The fraction of sp³-hybridized carbons (Fsp3) is 0. The zero-order chi connectivity index (χ0) is 8.43. The average molecular weight is 159 g/mol. The molecule has 1 amide bonds. The molecule has 0 aliphatic heterocycles. The van der Waals surface area contributed by atoms with Crippen molar-refractivity contribution in [2.75, 3.05) is 0 Å². The molecule has 2 N–H and O–H groups in total. The van der Waals surface area contributed by atoms with Crippen LogP contribution in [0.1, 0.15) is 10.5 Å². The van der Waals surface area contributed by atoms with Gasteiger partial charge in [-0.05, 0) is 0 Å². The van der Waals surface area contributed by atoms with E-state index in [9.17, 15) is 13.6 Å². The fourth-order valence-corrected chi connectivity index (χ4v) is 0.516. The number of rotatable bonds is 1. The van der Waals surface area contributed by atoms with Gasteiger partial charge in [0.05, 0.1) is 0 Å². The second kappa shape index (κ2) is 2.57. The van der Waals surface area contributed by atoms with Gasteiger partial charge in [-0.2, -0.15) is 18.7 Å². The molecule has 0 saturated heterocycles. The molecule has 0 radical (unpaired) electrons. The molecule has 1 aromatic rings. The smallest absolute Gasteiger partial charge is 0.312 e. The predicted octanol–water partition coefficient (Wildman–Crippen LogP) is -0.146. The quantitative estimate of drug-likeness (QED) is 0.457. The van der Waals surface area contributed by atoms with Crippen molar-refractivity contribution in [2.24, 2.45) is 5.73 Å². The van der Waals surface area contributed by atoms with Gasteiger partial charge >= 0.3 is 6.08 Å². The second-order valence-corrected chi connectivity index (χ2v) is 1.71. The van der Waals surface area contributed by atoms with E-state index < -0.39 is 23.6 Å². The highest BCUT2D eigenvalue weighted by Crippen LogP contribution is 1.97. The highest BCUT2D eigenvalue weighted by atomic mass is 19.1. The average Bonchev–Trinajstić information content (AvgIpc) is 1.85. The standard InChI is InChI=1S/C5H3F2N3O/c6-3-1-2(4(8)11)9-5(7)10-3/h1H,(H2,8,11). The van der Waals surface area contributed by atoms with Crippen molar-refractivity contribution in [1.82, 2.24) is 9.97 Å². The Kier molecular flexibility index (Phi) is 1.75. The summed E-state index contributed by atoms with van der Waals surface area (Å²) in [7, 11) is 0. The van der Waals surface area contributed by atoms with E-state index in [4.69, 9.17) is 0 Å². The summed E-state index contributed by atoms with van der Waals surface area (Å²) in [5.41, 5.74) is 4.21. The number of hydrogen-bond acceptors (Lipinski definition) is 3. The Morgan fingerprint density at radius 3 is 2.55 bits per heavy atom. The minimum Gasteiger partial charge on any atom is -0.364 e. The summed E-state index contributed by atoms with van der Waals surface area (Å²) in [6.07, 6.45) is -1.31. The van der Waals surface area contributed by atoms with Crippen LogP contribution in [0.5, 0.6) is 0 Å². The van der Waals surface area contributed by atoms with Crippen molar-refractivity contribution in [3.63, 3.8) is 0 Å². The van der Waals surface area contributed by atoms with Crippen LogP contribution < -0.4 is 5.73 Å². The Bertz CT molecular complexity index is 282. The van der Waals surface area contributed by atoms with E-state index in [1.54, 1.807) is 0 Å².